The third-order valence-electron chi connectivity index (χ3n) is 4.77. The third kappa shape index (κ3) is 5.25. The number of amides is 1. The van der Waals surface area contributed by atoms with Gasteiger partial charge in [0.1, 0.15) is 0 Å². The molecule has 0 atom stereocenters. The molecule has 4 aromatic rings. The smallest absolute Gasteiger partial charge is 0.257 e. The number of hydrogen-bond donors (Lipinski definition) is 1. The summed E-state index contributed by atoms with van der Waals surface area (Å²) in [6.45, 7) is 0. The molecule has 0 aliphatic heterocycles. The van der Waals surface area contributed by atoms with Gasteiger partial charge in [-0.15, -0.1) is 11.3 Å². The second-order valence-electron chi connectivity index (χ2n) is 7.15. The van der Waals surface area contributed by atoms with Crippen LogP contribution in [0.2, 0.25) is 0 Å². The Morgan fingerprint density at radius 1 is 0.903 bits per heavy atom. The molecule has 156 valence electrons. The zero-order valence-electron chi connectivity index (χ0n) is 16.8. The van der Waals surface area contributed by atoms with Crippen molar-refractivity contribution >= 4 is 32.2 Å². The first kappa shape index (κ1) is 21.0. The molecule has 0 saturated heterocycles. The largest absolute Gasteiger partial charge is 0.298 e. The molecular formula is C24H20N2O3S2. The molecule has 3 aromatic carbocycles. The van der Waals surface area contributed by atoms with Gasteiger partial charge < -0.3 is 0 Å². The first-order chi connectivity index (χ1) is 14.9. The summed E-state index contributed by atoms with van der Waals surface area (Å²) in [5.41, 5.74) is 4.62. The van der Waals surface area contributed by atoms with Crippen LogP contribution in [-0.2, 0) is 16.3 Å². The third-order valence-corrected chi connectivity index (χ3v) is 6.66. The van der Waals surface area contributed by atoms with Gasteiger partial charge in [0.15, 0.2) is 15.0 Å². The highest BCUT2D eigenvalue weighted by atomic mass is 32.2. The Bertz CT molecular complexity index is 1300. The Hall–Kier alpha value is -3.29. The average Bonchev–Trinajstić information content (AvgIpc) is 3.23. The van der Waals surface area contributed by atoms with Crippen molar-refractivity contribution in [2.45, 2.75) is 11.3 Å². The van der Waals surface area contributed by atoms with Gasteiger partial charge in [0.05, 0.1) is 10.6 Å². The van der Waals surface area contributed by atoms with Crippen molar-refractivity contribution in [1.29, 1.82) is 0 Å². The number of aromatic nitrogens is 1. The fourth-order valence-electron chi connectivity index (χ4n) is 3.11. The van der Waals surface area contributed by atoms with Crippen molar-refractivity contribution in [2.75, 3.05) is 11.6 Å². The zero-order valence-corrected chi connectivity index (χ0v) is 18.4. The minimum Gasteiger partial charge on any atom is -0.298 e. The van der Waals surface area contributed by atoms with Gasteiger partial charge in [0.25, 0.3) is 5.91 Å². The number of rotatable bonds is 6. The topological polar surface area (TPSA) is 76.1 Å². The lowest BCUT2D eigenvalue weighted by atomic mass is 10.0. The van der Waals surface area contributed by atoms with Gasteiger partial charge >= 0.3 is 0 Å². The Kier molecular flexibility index (Phi) is 5.97. The summed E-state index contributed by atoms with van der Waals surface area (Å²) >= 11 is 1.34. The van der Waals surface area contributed by atoms with E-state index in [0.29, 0.717) is 10.7 Å². The average molecular weight is 449 g/mol. The molecule has 1 N–H and O–H groups in total. The fraction of sp³-hybridized carbons (Fsp3) is 0.0833. The maximum Gasteiger partial charge on any atom is 0.257 e. The van der Waals surface area contributed by atoms with Crippen LogP contribution in [0.1, 0.15) is 21.5 Å². The van der Waals surface area contributed by atoms with E-state index in [2.05, 4.69) is 34.6 Å². The van der Waals surface area contributed by atoms with Gasteiger partial charge in [0, 0.05) is 22.8 Å². The molecule has 0 radical (unpaired) electrons. The quantitative estimate of drug-likeness (QED) is 0.447. The fourth-order valence-corrected chi connectivity index (χ4v) is 4.46. The van der Waals surface area contributed by atoms with E-state index in [0.717, 1.165) is 23.9 Å². The predicted octanol–water partition coefficient (Wildman–Crippen LogP) is 5.06. The Morgan fingerprint density at radius 3 is 2.19 bits per heavy atom. The van der Waals surface area contributed by atoms with E-state index in [9.17, 15) is 13.2 Å². The van der Waals surface area contributed by atoms with E-state index in [1.807, 2.05) is 35.7 Å². The van der Waals surface area contributed by atoms with Gasteiger partial charge in [0.2, 0.25) is 0 Å². The van der Waals surface area contributed by atoms with Crippen LogP contribution >= 0.6 is 11.3 Å². The number of nitrogens with zero attached hydrogens (tertiary/aromatic N) is 1. The molecule has 5 nitrogen and oxygen atoms in total. The van der Waals surface area contributed by atoms with Crippen molar-refractivity contribution in [3.63, 3.8) is 0 Å². The highest BCUT2D eigenvalue weighted by molar-refractivity contribution is 7.90. The monoisotopic (exact) mass is 448 g/mol. The number of sulfone groups is 1. The SMILES string of the molecule is CS(=O)(=O)c1ccc(C(=O)Nc2nc(-c3ccc(Cc4ccccc4)cc3)cs2)cc1. The van der Waals surface area contributed by atoms with E-state index in [1.54, 1.807) is 0 Å². The number of carbonyl (C=O) groups is 1. The van der Waals surface area contributed by atoms with Crippen LogP contribution in [0.4, 0.5) is 5.13 Å². The maximum atomic E-state index is 12.4. The van der Waals surface area contributed by atoms with Crippen molar-refractivity contribution in [3.8, 4) is 11.3 Å². The summed E-state index contributed by atoms with van der Waals surface area (Å²) in [5.74, 6) is -0.334. The molecule has 1 aromatic heterocycles. The van der Waals surface area contributed by atoms with Gasteiger partial charge in [-0.05, 0) is 41.8 Å². The van der Waals surface area contributed by atoms with Crippen molar-refractivity contribution in [1.82, 2.24) is 4.98 Å². The molecule has 1 heterocycles. The van der Waals surface area contributed by atoms with E-state index in [1.165, 1.54) is 46.7 Å². The van der Waals surface area contributed by atoms with E-state index in [4.69, 9.17) is 0 Å². The van der Waals surface area contributed by atoms with Crippen molar-refractivity contribution in [3.05, 3.63) is 101 Å². The summed E-state index contributed by atoms with van der Waals surface area (Å²) < 4.78 is 23.1. The summed E-state index contributed by atoms with van der Waals surface area (Å²) in [6.07, 6.45) is 2.00. The molecule has 0 fully saturated rings. The number of anilines is 1. The van der Waals surface area contributed by atoms with Crippen LogP contribution in [0.5, 0.6) is 0 Å². The van der Waals surface area contributed by atoms with Crippen LogP contribution in [0, 0.1) is 0 Å². The summed E-state index contributed by atoms with van der Waals surface area (Å²) in [7, 11) is -3.29. The van der Waals surface area contributed by atoms with Crippen molar-refractivity contribution < 1.29 is 13.2 Å². The van der Waals surface area contributed by atoms with Gasteiger partial charge in [-0.3, -0.25) is 10.1 Å². The highest BCUT2D eigenvalue weighted by Crippen LogP contribution is 2.26. The summed E-state index contributed by atoms with van der Waals surface area (Å²) in [6, 6.07) is 24.4. The lowest BCUT2D eigenvalue weighted by Gasteiger charge is -2.04. The van der Waals surface area contributed by atoms with Crippen LogP contribution in [-0.4, -0.2) is 25.6 Å². The molecule has 31 heavy (non-hydrogen) atoms. The number of hydrogen-bond acceptors (Lipinski definition) is 5. The highest BCUT2D eigenvalue weighted by Gasteiger charge is 2.12. The lowest BCUT2D eigenvalue weighted by molar-refractivity contribution is 0.102. The van der Waals surface area contributed by atoms with Crippen molar-refractivity contribution in [2.24, 2.45) is 0 Å². The normalized spacial score (nSPS) is 11.3. The maximum absolute atomic E-state index is 12.4. The van der Waals surface area contributed by atoms with E-state index < -0.39 is 9.84 Å². The van der Waals surface area contributed by atoms with Crippen LogP contribution in [0.25, 0.3) is 11.3 Å². The first-order valence-corrected chi connectivity index (χ1v) is 12.4. The zero-order chi connectivity index (χ0) is 21.8. The van der Waals surface area contributed by atoms with E-state index in [-0.39, 0.29) is 10.8 Å². The number of benzene rings is 3. The Morgan fingerprint density at radius 2 is 1.55 bits per heavy atom. The second kappa shape index (κ2) is 8.83. The number of thiazole rings is 1. The number of nitrogens with one attached hydrogen (secondary N) is 1. The first-order valence-electron chi connectivity index (χ1n) is 9.59. The Balaban J connectivity index is 1.42. The van der Waals surface area contributed by atoms with Crippen LogP contribution < -0.4 is 5.32 Å². The molecule has 0 aliphatic rings. The molecule has 0 aliphatic carbocycles. The molecule has 0 saturated carbocycles. The molecule has 7 heteroatoms. The van der Waals surface area contributed by atoms with Gasteiger partial charge in [-0.25, -0.2) is 13.4 Å². The lowest BCUT2D eigenvalue weighted by Crippen LogP contribution is -2.11. The molecule has 4 rings (SSSR count). The minimum absolute atomic E-state index is 0.177. The molecule has 0 unspecified atom stereocenters. The predicted molar refractivity (Wildman–Crippen MR) is 124 cm³/mol. The number of carbonyl (C=O) groups excluding carboxylic acids is 1. The Labute approximate surface area is 185 Å². The second-order valence-corrected chi connectivity index (χ2v) is 10.0. The standard InChI is InChI=1S/C24H20N2O3S2/c1-31(28,29)21-13-11-20(12-14-21)23(27)26-24-25-22(16-30-24)19-9-7-18(8-10-19)15-17-5-3-2-4-6-17/h2-14,16H,15H2,1H3,(H,25,26,27). The minimum atomic E-state index is -3.29. The molecule has 0 spiro atoms. The van der Waals surface area contributed by atoms with Crippen LogP contribution in [0.3, 0.4) is 0 Å². The molecule has 1 amide bonds. The van der Waals surface area contributed by atoms with E-state index >= 15 is 0 Å². The summed E-state index contributed by atoms with van der Waals surface area (Å²) in [4.78, 5) is 17.1. The molecular weight excluding hydrogens is 428 g/mol. The van der Waals surface area contributed by atoms with Crippen LogP contribution in [0.15, 0.2) is 89.1 Å². The van der Waals surface area contributed by atoms with Gasteiger partial charge in [-0.1, -0.05) is 54.6 Å². The molecule has 0 bridgehead atoms. The summed E-state index contributed by atoms with van der Waals surface area (Å²) in [5, 5.41) is 5.15. The van der Waals surface area contributed by atoms with Gasteiger partial charge in [-0.2, -0.15) is 0 Å².